The topological polar surface area (TPSA) is 84.0 Å². The van der Waals surface area contributed by atoms with Crippen molar-refractivity contribution in [2.24, 2.45) is 5.73 Å². The van der Waals surface area contributed by atoms with Gasteiger partial charge in [-0.1, -0.05) is 6.07 Å². The molecular weight excluding hydrogens is 392 g/mol. The number of carbonyl (C=O) groups excluding carboxylic acids is 1. The van der Waals surface area contributed by atoms with Crippen LogP contribution in [0, 0.1) is 0 Å². The lowest BCUT2D eigenvalue weighted by Crippen LogP contribution is -2.43. The number of ether oxygens (including phenoxy) is 1. The second-order valence-electron chi connectivity index (χ2n) is 9.27. The van der Waals surface area contributed by atoms with Gasteiger partial charge in [0.15, 0.2) is 0 Å². The Morgan fingerprint density at radius 1 is 1.10 bits per heavy atom. The maximum Gasteiger partial charge on any atom is 0.265 e. The van der Waals surface area contributed by atoms with E-state index in [1.54, 1.807) is 0 Å². The van der Waals surface area contributed by atoms with Crippen LogP contribution in [0.4, 0.5) is 0 Å². The molecule has 7 nitrogen and oxygen atoms in total. The zero-order valence-corrected chi connectivity index (χ0v) is 18.8. The van der Waals surface area contributed by atoms with Gasteiger partial charge in [0.05, 0.1) is 17.7 Å². The number of fused-ring (bicyclic) bond motifs is 1. The Hall–Kier alpha value is -2.09. The molecule has 0 spiro atoms. The fraction of sp³-hybridized carbons (Fsp3) is 0.625. The highest BCUT2D eigenvalue weighted by atomic mass is 16.5. The molecule has 2 aliphatic rings. The van der Waals surface area contributed by atoms with Crippen LogP contribution in [0.5, 0.6) is 5.75 Å². The summed E-state index contributed by atoms with van der Waals surface area (Å²) >= 11 is 0. The normalized spacial score (nSPS) is 20.0. The third-order valence-corrected chi connectivity index (χ3v) is 6.67. The van der Waals surface area contributed by atoms with Crippen molar-refractivity contribution in [1.29, 1.82) is 0 Å². The predicted octanol–water partition coefficient (Wildman–Crippen LogP) is 2.62. The number of piperidine rings is 2. The van der Waals surface area contributed by atoms with Crippen molar-refractivity contribution in [3.63, 3.8) is 0 Å². The van der Waals surface area contributed by atoms with Crippen molar-refractivity contribution in [3.05, 3.63) is 30.0 Å². The molecule has 0 radical (unpaired) electrons. The minimum Gasteiger partial charge on any atom is -0.490 e. The summed E-state index contributed by atoms with van der Waals surface area (Å²) in [5.41, 5.74) is 7.36. The van der Waals surface area contributed by atoms with Gasteiger partial charge in [-0.2, -0.15) is 0 Å². The number of hydrogen-bond acceptors (Lipinski definition) is 5. The van der Waals surface area contributed by atoms with Gasteiger partial charge in [-0.25, -0.2) is 0 Å². The Balaban J connectivity index is 1.44. The first kappa shape index (κ1) is 22.1. The lowest BCUT2D eigenvalue weighted by Gasteiger charge is -2.36. The molecular formula is C24H36N4O3. The van der Waals surface area contributed by atoms with Gasteiger partial charge < -0.3 is 29.9 Å². The third-order valence-electron chi connectivity index (χ3n) is 6.67. The zero-order valence-electron chi connectivity index (χ0n) is 18.8. The van der Waals surface area contributed by atoms with Gasteiger partial charge in [-0.05, 0) is 57.7 Å². The number of carbonyl (C=O) groups is 1. The summed E-state index contributed by atoms with van der Waals surface area (Å²) in [4.78, 5) is 17.2. The van der Waals surface area contributed by atoms with Gasteiger partial charge in [-0.15, -0.1) is 0 Å². The van der Waals surface area contributed by atoms with E-state index < -0.39 is 0 Å². The number of aliphatic hydroxyl groups is 1. The fourth-order valence-electron chi connectivity index (χ4n) is 4.99. The number of likely N-dealkylation sites (tertiary alicyclic amines) is 2. The summed E-state index contributed by atoms with van der Waals surface area (Å²) in [5.74, 6) is 0.416. The van der Waals surface area contributed by atoms with Crippen molar-refractivity contribution in [2.45, 2.75) is 57.8 Å². The van der Waals surface area contributed by atoms with Crippen LogP contribution in [0.25, 0.3) is 10.9 Å². The molecule has 0 atom stereocenters. The minimum atomic E-state index is -0.388. The second-order valence-corrected chi connectivity index (χ2v) is 9.27. The number of benzene rings is 1. The molecule has 1 aromatic carbocycles. The van der Waals surface area contributed by atoms with E-state index in [9.17, 15) is 9.90 Å². The van der Waals surface area contributed by atoms with E-state index in [0.29, 0.717) is 5.69 Å². The summed E-state index contributed by atoms with van der Waals surface area (Å²) in [6.45, 7) is 10.2. The molecule has 7 heteroatoms. The molecule has 0 aliphatic carbocycles. The lowest BCUT2D eigenvalue weighted by atomic mass is 10.0. The van der Waals surface area contributed by atoms with Crippen LogP contribution in [0.15, 0.2) is 24.3 Å². The van der Waals surface area contributed by atoms with E-state index in [0.717, 1.165) is 81.6 Å². The standard InChI is InChI=1S/C24H36N4O3/c1-17(2)31-23-5-3-4-21-20(23)16-22(24(25)30)28(21)18-6-10-26(11-7-18)14-15-27-12-8-19(29)9-13-27/h3-5,16-19,29H,6-15H2,1-2H3,(H2,25,30). The van der Waals surface area contributed by atoms with Crippen molar-refractivity contribution in [2.75, 3.05) is 39.3 Å². The summed E-state index contributed by atoms with van der Waals surface area (Å²) in [5, 5.41) is 10.6. The highest BCUT2D eigenvalue weighted by Crippen LogP contribution is 2.35. The molecule has 2 saturated heterocycles. The molecule has 31 heavy (non-hydrogen) atoms. The van der Waals surface area contributed by atoms with E-state index in [1.165, 1.54) is 0 Å². The highest BCUT2D eigenvalue weighted by Gasteiger charge is 2.27. The van der Waals surface area contributed by atoms with Gasteiger partial charge in [0.1, 0.15) is 11.4 Å². The van der Waals surface area contributed by atoms with E-state index in [4.69, 9.17) is 10.5 Å². The first-order chi connectivity index (χ1) is 14.9. The molecule has 2 aromatic rings. The largest absolute Gasteiger partial charge is 0.490 e. The van der Waals surface area contributed by atoms with Gasteiger partial charge in [-0.3, -0.25) is 4.79 Å². The van der Waals surface area contributed by atoms with Gasteiger partial charge in [0, 0.05) is 50.7 Å². The Bertz CT molecular complexity index is 894. The van der Waals surface area contributed by atoms with Crippen molar-refractivity contribution < 1.29 is 14.6 Å². The molecule has 0 saturated carbocycles. The summed E-state index contributed by atoms with van der Waals surface area (Å²) in [7, 11) is 0. The summed E-state index contributed by atoms with van der Waals surface area (Å²) in [6, 6.07) is 8.17. The maximum absolute atomic E-state index is 12.3. The molecule has 2 fully saturated rings. The minimum absolute atomic E-state index is 0.0670. The molecule has 0 unspecified atom stereocenters. The summed E-state index contributed by atoms with van der Waals surface area (Å²) < 4.78 is 8.13. The summed E-state index contributed by atoms with van der Waals surface area (Å²) in [6.07, 6.45) is 3.73. The average Bonchev–Trinajstić information content (AvgIpc) is 3.14. The second kappa shape index (κ2) is 9.59. The highest BCUT2D eigenvalue weighted by molar-refractivity contribution is 5.99. The lowest BCUT2D eigenvalue weighted by molar-refractivity contribution is 0.0733. The van der Waals surface area contributed by atoms with Gasteiger partial charge in [0.2, 0.25) is 0 Å². The Morgan fingerprint density at radius 2 is 1.71 bits per heavy atom. The number of hydrogen-bond donors (Lipinski definition) is 2. The van der Waals surface area contributed by atoms with Crippen LogP contribution in [0.1, 0.15) is 56.1 Å². The Morgan fingerprint density at radius 3 is 2.29 bits per heavy atom. The average molecular weight is 429 g/mol. The number of primary amides is 1. The molecule has 4 rings (SSSR count). The van der Waals surface area contributed by atoms with Gasteiger partial charge in [0.25, 0.3) is 5.91 Å². The van der Waals surface area contributed by atoms with Crippen LogP contribution in [-0.4, -0.2) is 76.9 Å². The number of nitrogens with two attached hydrogens (primary N) is 1. The van der Waals surface area contributed by atoms with Crippen molar-refractivity contribution in [3.8, 4) is 5.75 Å². The SMILES string of the molecule is CC(C)Oc1cccc2c1cc(C(N)=O)n2C1CCN(CCN2CCC(O)CC2)CC1. The maximum atomic E-state index is 12.3. The van der Waals surface area contributed by atoms with E-state index in [1.807, 2.05) is 32.0 Å². The number of nitrogens with zero attached hydrogens (tertiary/aromatic N) is 3. The monoisotopic (exact) mass is 428 g/mol. The quantitative estimate of drug-likeness (QED) is 0.708. The van der Waals surface area contributed by atoms with Crippen LogP contribution >= 0.6 is 0 Å². The molecule has 1 aromatic heterocycles. The first-order valence-corrected chi connectivity index (χ1v) is 11.7. The van der Waals surface area contributed by atoms with Crippen molar-refractivity contribution >= 4 is 16.8 Å². The molecule has 3 heterocycles. The fourth-order valence-corrected chi connectivity index (χ4v) is 4.99. The molecule has 0 bridgehead atoms. The number of amides is 1. The number of aliphatic hydroxyl groups excluding tert-OH is 1. The first-order valence-electron chi connectivity index (χ1n) is 11.7. The molecule has 170 valence electrons. The molecule has 1 amide bonds. The Kier molecular flexibility index (Phi) is 6.84. The number of aromatic nitrogens is 1. The predicted molar refractivity (Wildman–Crippen MR) is 123 cm³/mol. The van der Waals surface area contributed by atoms with E-state index in [-0.39, 0.29) is 24.2 Å². The van der Waals surface area contributed by atoms with E-state index >= 15 is 0 Å². The third kappa shape index (κ3) is 5.05. The molecule has 2 aliphatic heterocycles. The van der Waals surface area contributed by atoms with Crippen LogP contribution < -0.4 is 10.5 Å². The van der Waals surface area contributed by atoms with Crippen LogP contribution in [0.2, 0.25) is 0 Å². The molecule has 3 N–H and O–H groups in total. The van der Waals surface area contributed by atoms with Crippen LogP contribution in [-0.2, 0) is 0 Å². The van der Waals surface area contributed by atoms with Crippen LogP contribution in [0.3, 0.4) is 0 Å². The Labute approximate surface area is 184 Å². The van der Waals surface area contributed by atoms with Gasteiger partial charge >= 0.3 is 0 Å². The van der Waals surface area contributed by atoms with E-state index in [2.05, 4.69) is 20.4 Å². The number of rotatable bonds is 7. The zero-order chi connectivity index (χ0) is 22.0. The smallest absolute Gasteiger partial charge is 0.265 e. The van der Waals surface area contributed by atoms with Crippen molar-refractivity contribution in [1.82, 2.24) is 14.4 Å².